The van der Waals surface area contributed by atoms with Crippen molar-refractivity contribution in [1.29, 1.82) is 0 Å². The van der Waals surface area contributed by atoms with Gasteiger partial charge in [0.1, 0.15) is 9.71 Å². The molecular formula is C19H25N3O5S. The Bertz CT molecular complexity index is 909. The average Bonchev–Trinajstić information content (AvgIpc) is 2.97. The van der Waals surface area contributed by atoms with Crippen molar-refractivity contribution in [3.63, 3.8) is 0 Å². The highest BCUT2D eigenvalue weighted by Crippen LogP contribution is 2.38. The van der Waals surface area contributed by atoms with E-state index in [4.69, 9.17) is 19.6 Å². The molecule has 0 spiro atoms. The summed E-state index contributed by atoms with van der Waals surface area (Å²) in [5, 5.41) is 12.5. The van der Waals surface area contributed by atoms with Gasteiger partial charge in [0, 0.05) is 31.0 Å². The Kier molecular flexibility index (Phi) is 5.87. The minimum Gasteiger partial charge on any atom is -0.462 e. The van der Waals surface area contributed by atoms with Gasteiger partial charge in [0.05, 0.1) is 36.8 Å². The van der Waals surface area contributed by atoms with Crippen molar-refractivity contribution in [2.75, 3.05) is 32.1 Å². The van der Waals surface area contributed by atoms with Crippen LogP contribution in [0.4, 0.5) is 10.5 Å². The first-order chi connectivity index (χ1) is 13.3. The van der Waals surface area contributed by atoms with Gasteiger partial charge in [0.2, 0.25) is 0 Å². The third-order valence-electron chi connectivity index (χ3n) is 4.54. The Morgan fingerprint density at radius 3 is 2.89 bits per heavy atom. The highest BCUT2D eigenvalue weighted by molar-refractivity contribution is 7.21. The first-order valence-corrected chi connectivity index (χ1v) is 9.96. The van der Waals surface area contributed by atoms with Gasteiger partial charge in [-0.25, -0.2) is 14.6 Å². The highest BCUT2D eigenvalue weighted by Gasteiger charge is 2.30. The second-order valence-electron chi connectivity index (χ2n) is 7.27. The normalized spacial score (nSPS) is 15.2. The maximum absolute atomic E-state index is 12.5. The number of hydrogen-bond acceptors (Lipinski definition) is 7. The van der Waals surface area contributed by atoms with Crippen LogP contribution in [-0.4, -0.2) is 59.4 Å². The molecule has 0 bridgehead atoms. The summed E-state index contributed by atoms with van der Waals surface area (Å²) in [6.45, 7) is 6.45. The smallest absolute Gasteiger partial charge is 0.350 e. The topological polar surface area (TPSA) is 101 Å². The van der Waals surface area contributed by atoms with Crippen LogP contribution in [0.3, 0.4) is 0 Å². The zero-order chi connectivity index (χ0) is 20.5. The standard InChI is InChI=1S/C19H25N3O5S/c1-5-26-17(24)15-14(21-18(25)22(4)6-7-23)12-8-11-10-27-19(2,3)9-13(11)20-16(12)28-15/h8,23H,5-7,9-10H2,1-4H3,(H,21,25). The van der Waals surface area contributed by atoms with Crippen LogP contribution in [-0.2, 0) is 22.5 Å². The summed E-state index contributed by atoms with van der Waals surface area (Å²) < 4.78 is 11.0. The third-order valence-corrected chi connectivity index (χ3v) is 5.62. The van der Waals surface area contributed by atoms with E-state index in [1.807, 2.05) is 19.9 Å². The van der Waals surface area contributed by atoms with E-state index in [-0.39, 0.29) is 25.4 Å². The minimum absolute atomic E-state index is 0.152. The van der Waals surface area contributed by atoms with Gasteiger partial charge >= 0.3 is 12.0 Å². The molecule has 2 N–H and O–H groups in total. The molecule has 1 aliphatic rings. The van der Waals surface area contributed by atoms with Gasteiger partial charge in [-0.2, -0.15) is 0 Å². The fraction of sp³-hybridized carbons (Fsp3) is 0.526. The number of aliphatic hydroxyl groups is 1. The van der Waals surface area contributed by atoms with Crippen molar-refractivity contribution in [1.82, 2.24) is 9.88 Å². The van der Waals surface area contributed by atoms with Crippen molar-refractivity contribution in [3.05, 3.63) is 22.2 Å². The molecule has 0 fully saturated rings. The molecule has 2 amide bonds. The van der Waals surface area contributed by atoms with E-state index in [1.165, 1.54) is 16.2 Å². The number of hydrogen-bond donors (Lipinski definition) is 2. The maximum Gasteiger partial charge on any atom is 0.350 e. The Labute approximate surface area is 167 Å². The molecule has 0 aliphatic carbocycles. The number of aliphatic hydroxyl groups excluding tert-OH is 1. The molecule has 0 saturated heterocycles. The number of urea groups is 1. The number of carbonyl (C=O) groups is 2. The van der Waals surface area contributed by atoms with Gasteiger partial charge in [0.25, 0.3) is 0 Å². The lowest BCUT2D eigenvalue weighted by molar-refractivity contribution is -0.0411. The van der Waals surface area contributed by atoms with Crippen molar-refractivity contribution in [2.24, 2.45) is 0 Å². The summed E-state index contributed by atoms with van der Waals surface area (Å²) in [5.41, 5.74) is 1.97. The second kappa shape index (κ2) is 8.02. The number of amides is 2. The molecule has 2 aromatic heterocycles. The number of likely N-dealkylation sites (N-methyl/N-ethyl adjacent to an activating group) is 1. The number of nitrogens with one attached hydrogen (secondary N) is 1. The SMILES string of the molecule is CCOC(=O)c1sc2nc3c(cc2c1NC(=O)N(C)CCO)COC(C)(C)C3. The van der Waals surface area contributed by atoms with E-state index >= 15 is 0 Å². The molecule has 3 rings (SSSR count). The maximum atomic E-state index is 12.5. The monoisotopic (exact) mass is 407 g/mol. The van der Waals surface area contributed by atoms with Crippen molar-refractivity contribution < 1.29 is 24.2 Å². The lowest BCUT2D eigenvalue weighted by Gasteiger charge is -2.31. The van der Waals surface area contributed by atoms with Gasteiger partial charge in [-0.1, -0.05) is 0 Å². The van der Waals surface area contributed by atoms with E-state index in [9.17, 15) is 9.59 Å². The first-order valence-electron chi connectivity index (χ1n) is 9.15. The number of pyridine rings is 1. The largest absolute Gasteiger partial charge is 0.462 e. The highest BCUT2D eigenvalue weighted by atomic mass is 32.1. The molecule has 0 unspecified atom stereocenters. The number of rotatable bonds is 5. The number of ether oxygens (including phenoxy) is 2. The second-order valence-corrected chi connectivity index (χ2v) is 8.27. The molecule has 9 heteroatoms. The Hall–Kier alpha value is -2.23. The van der Waals surface area contributed by atoms with Crippen molar-refractivity contribution >= 4 is 39.2 Å². The van der Waals surface area contributed by atoms with Gasteiger partial charge in [-0.15, -0.1) is 11.3 Å². The van der Waals surface area contributed by atoms with Crippen LogP contribution < -0.4 is 5.32 Å². The van der Waals surface area contributed by atoms with E-state index in [2.05, 4.69) is 5.32 Å². The zero-order valence-corrected chi connectivity index (χ0v) is 17.3. The summed E-state index contributed by atoms with van der Waals surface area (Å²) in [6.07, 6.45) is 0.672. The number of aromatic nitrogens is 1. The molecule has 0 atom stereocenters. The van der Waals surface area contributed by atoms with Crippen LogP contribution in [0, 0.1) is 0 Å². The van der Waals surface area contributed by atoms with Crippen LogP contribution in [0.15, 0.2) is 6.07 Å². The summed E-state index contributed by atoms with van der Waals surface area (Å²) in [6, 6.07) is 1.50. The third kappa shape index (κ3) is 4.11. The van der Waals surface area contributed by atoms with E-state index in [0.717, 1.165) is 11.3 Å². The fourth-order valence-electron chi connectivity index (χ4n) is 3.02. The summed E-state index contributed by atoms with van der Waals surface area (Å²) >= 11 is 1.20. The lowest BCUT2D eigenvalue weighted by Crippen LogP contribution is -2.34. The Balaban J connectivity index is 2.06. The molecule has 1 aliphatic heterocycles. The fourth-order valence-corrected chi connectivity index (χ4v) is 4.05. The number of esters is 1. The quantitative estimate of drug-likeness (QED) is 0.739. The number of nitrogens with zero attached hydrogens (tertiary/aromatic N) is 2. The number of thiophene rings is 1. The van der Waals surface area contributed by atoms with Crippen molar-refractivity contribution in [3.8, 4) is 0 Å². The number of fused-ring (bicyclic) bond motifs is 2. The van der Waals surface area contributed by atoms with Crippen LogP contribution >= 0.6 is 11.3 Å². The number of carbonyl (C=O) groups excluding carboxylic acids is 2. The van der Waals surface area contributed by atoms with E-state index < -0.39 is 12.0 Å². The average molecular weight is 407 g/mol. The van der Waals surface area contributed by atoms with Gasteiger partial charge < -0.3 is 24.8 Å². The summed E-state index contributed by atoms with van der Waals surface area (Å²) in [7, 11) is 1.57. The predicted octanol–water partition coefficient (Wildman–Crippen LogP) is 2.78. The Morgan fingerprint density at radius 2 is 2.21 bits per heavy atom. The van der Waals surface area contributed by atoms with E-state index in [0.29, 0.717) is 33.8 Å². The Morgan fingerprint density at radius 1 is 1.46 bits per heavy atom. The molecule has 0 radical (unpaired) electrons. The summed E-state index contributed by atoms with van der Waals surface area (Å²) in [4.78, 5) is 32.0. The van der Waals surface area contributed by atoms with Crippen LogP contribution in [0.2, 0.25) is 0 Å². The zero-order valence-electron chi connectivity index (χ0n) is 16.5. The molecule has 28 heavy (non-hydrogen) atoms. The molecule has 0 saturated carbocycles. The predicted molar refractivity (Wildman–Crippen MR) is 107 cm³/mol. The molecule has 8 nitrogen and oxygen atoms in total. The molecule has 152 valence electrons. The lowest BCUT2D eigenvalue weighted by atomic mass is 9.95. The summed E-state index contributed by atoms with van der Waals surface area (Å²) in [5.74, 6) is -0.500. The first kappa shape index (κ1) is 20.5. The minimum atomic E-state index is -0.500. The van der Waals surface area contributed by atoms with Crippen LogP contribution in [0.1, 0.15) is 41.7 Å². The van der Waals surface area contributed by atoms with Crippen LogP contribution in [0.25, 0.3) is 10.2 Å². The molecular weight excluding hydrogens is 382 g/mol. The van der Waals surface area contributed by atoms with Gasteiger partial charge in [0.15, 0.2) is 0 Å². The van der Waals surface area contributed by atoms with Crippen molar-refractivity contribution in [2.45, 2.75) is 39.4 Å². The van der Waals surface area contributed by atoms with Gasteiger partial charge in [-0.3, -0.25) is 0 Å². The molecule has 2 aromatic rings. The molecule has 0 aromatic carbocycles. The van der Waals surface area contributed by atoms with E-state index in [1.54, 1.807) is 14.0 Å². The number of anilines is 1. The van der Waals surface area contributed by atoms with Crippen LogP contribution in [0.5, 0.6) is 0 Å². The van der Waals surface area contributed by atoms with Gasteiger partial charge in [-0.05, 0) is 26.8 Å². The molecule has 3 heterocycles.